The number of hydrogen-bond acceptors (Lipinski definition) is 6. The molecule has 0 saturated carbocycles. The van der Waals surface area contributed by atoms with E-state index in [4.69, 9.17) is 0 Å². The monoisotopic (exact) mass is 326 g/mol. The normalized spacial score (nSPS) is 17.8. The van der Waals surface area contributed by atoms with Crippen LogP contribution in [-0.4, -0.2) is 62.3 Å². The molecular formula is C18H26N6. The maximum Gasteiger partial charge on any atom is 0.225 e. The SMILES string of the molecule is c1ccc(N2CCNCC2)cc1.c1cnc(N2CCNCC2)nc1. The second-order valence-corrected chi connectivity index (χ2v) is 5.86. The van der Waals surface area contributed by atoms with Crippen molar-refractivity contribution in [1.29, 1.82) is 0 Å². The van der Waals surface area contributed by atoms with Gasteiger partial charge >= 0.3 is 0 Å². The molecule has 0 aliphatic carbocycles. The van der Waals surface area contributed by atoms with E-state index in [1.807, 2.05) is 6.07 Å². The summed E-state index contributed by atoms with van der Waals surface area (Å²) in [6.45, 7) is 8.53. The van der Waals surface area contributed by atoms with Crippen molar-refractivity contribution in [3.63, 3.8) is 0 Å². The first-order chi connectivity index (χ1) is 11.9. The van der Waals surface area contributed by atoms with Gasteiger partial charge in [0.05, 0.1) is 0 Å². The van der Waals surface area contributed by atoms with Gasteiger partial charge in [0.2, 0.25) is 5.95 Å². The molecule has 2 saturated heterocycles. The maximum absolute atomic E-state index is 4.19. The molecule has 2 aromatic rings. The zero-order chi connectivity index (χ0) is 16.5. The molecule has 2 aliphatic heterocycles. The lowest BCUT2D eigenvalue weighted by molar-refractivity contribution is 0.580. The van der Waals surface area contributed by atoms with E-state index in [0.717, 1.165) is 58.3 Å². The van der Waals surface area contributed by atoms with Gasteiger partial charge in [-0.05, 0) is 18.2 Å². The molecule has 3 heterocycles. The lowest BCUT2D eigenvalue weighted by Crippen LogP contribution is -2.44. The van der Waals surface area contributed by atoms with E-state index >= 15 is 0 Å². The average molecular weight is 326 g/mol. The highest BCUT2D eigenvalue weighted by molar-refractivity contribution is 5.46. The van der Waals surface area contributed by atoms with Crippen molar-refractivity contribution in [2.75, 3.05) is 62.2 Å². The fourth-order valence-corrected chi connectivity index (χ4v) is 2.88. The van der Waals surface area contributed by atoms with Gasteiger partial charge in [-0.3, -0.25) is 0 Å². The predicted octanol–water partition coefficient (Wildman–Crippen LogP) is 0.982. The molecule has 0 spiro atoms. The van der Waals surface area contributed by atoms with Crippen molar-refractivity contribution >= 4 is 11.6 Å². The summed E-state index contributed by atoms with van der Waals surface area (Å²) in [7, 11) is 0. The number of anilines is 2. The number of nitrogens with zero attached hydrogens (tertiary/aromatic N) is 4. The lowest BCUT2D eigenvalue weighted by atomic mass is 10.2. The number of rotatable bonds is 2. The highest BCUT2D eigenvalue weighted by Gasteiger charge is 2.11. The Bertz CT molecular complexity index is 511. The Labute approximate surface area is 143 Å². The van der Waals surface area contributed by atoms with Gasteiger partial charge in [0.25, 0.3) is 0 Å². The van der Waals surface area contributed by atoms with Gasteiger partial charge in [-0.2, -0.15) is 0 Å². The van der Waals surface area contributed by atoms with Crippen LogP contribution in [0.5, 0.6) is 0 Å². The molecule has 2 aliphatic rings. The molecule has 2 fully saturated rings. The number of aromatic nitrogens is 2. The lowest BCUT2D eigenvalue weighted by Gasteiger charge is -2.29. The highest BCUT2D eigenvalue weighted by Crippen LogP contribution is 2.12. The fourth-order valence-electron chi connectivity index (χ4n) is 2.88. The minimum absolute atomic E-state index is 0.846. The molecule has 0 unspecified atom stereocenters. The van der Waals surface area contributed by atoms with Crippen LogP contribution in [0.3, 0.4) is 0 Å². The molecule has 0 amide bonds. The Hall–Kier alpha value is -2.18. The van der Waals surface area contributed by atoms with E-state index in [-0.39, 0.29) is 0 Å². The van der Waals surface area contributed by atoms with E-state index in [2.05, 4.69) is 60.7 Å². The van der Waals surface area contributed by atoms with Crippen LogP contribution >= 0.6 is 0 Å². The van der Waals surface area contributed by atoms with E-state index in [0.29, 0.717) is 0 Å². The molecule has 0 bridgehead atoms. The van der Waals surface area contributed by atoms with Gasteiger partial charge < -0.3 is 20.4 Å². The predicted molar refractivity (Wildman–Crippen MR) is 98.6 cm³/mol. The largest absolute Gasteiger partial charge is 0.369 e. The van der Waals surface area contributed by atoms with Gasteiger partial charge in [-0.15, -0.1) is 0 Å². The summed E-state index contributed by atoms with van der Waals surface area (Å²) >= 11 is 0. The quantitative estimate of drug-likeness (QED) is 0.858. The van der Waals surface area contributed by atoms with E-state index in [9.17, 15) is 0 Å². The summed E-state index contributed by atoms with van der Waals surface area (Å²) in [4.78, 5) is 13.0. The zero-order valence-electron chi connectivity index (χ0n) is 14.1. The molecule has 0 atom stereocenters. The number of benzene rings is 1. The molecule has 4 rings (SSSR count). The van der Waals surface area contributed by atoms with Gasteiger partial charge in [0, 0.05) is 70.4 Å². The van der Waals surface area contributed by atoms with Crippen molar-refractivity contribution in [2.24, 2.45) is 0 Å². The van der Waals surface area contributed by atoms with Crippen LogP contribution < -0.4 is 20.4 Å². The second kappa shape index (κ2) is 9.20. The fraction of sp³-hybridized carbons (Fsp3) is 0.444. The molecule has 6 heteroatoms. The number of para-hydroxylation sites is 1. The zero-order valence-corrected chi connectivity index (χ0v) is 14.1. The van der Waals surface area contributed by atoms with Gasteiger partial charge in [0.1, 0.15) is 0 Å². The van der Waals surface area contributed by atoms with Crippen molar-refractivity contribution in [3.8, 4) is 0 Å². The number of nitrogens with one attached hydrogen (secondary N) is 2. The Morgan fingerprint density at radius 1 is 0.667 bits per heavy atom. The number of hydrogen-bond donors (Lipinski definition) is 2. The Morgan fingerprint density at radius 2 is 1.21 bits per heavy atom. The third kappa shape index (κ3) is 4.91. The third-order valence-corrected chi connectivity index (χ3v) is 4.19. The molecule has 1 aromatic carbocycles. The van der Waals surface area contributed by atoms with Crippen LogP contribution in [-0.2, 0) is 0 Å². The van der Waals surface area contributed by atoms with Crippen LogP contribution in [0.2, 0.25) is 0 Å². The third-order valence-electron chi connectivity index (χ3n) is 4.19. The minimum atomic E-state index is 0.846. The summed E-state index contributed by atoms with van der Waals surface area (Å²) in [6.07, 6.45) is 3.56. The topological polar surface area (TPSA) is 56.3 Å². The van der Waals surface area contributed by atoms with Crippen molar-refractivity contribution in [2.45, 2.75) is 0 Å². The number of piperazine rings is 2. The highest BCUT2D eigenvalue weighted by atomic mass is 15.3. The molecular weight excluding hydrogens is 300 g/mol. The van der Waals surface area contributed by atoms with Crippen LogP contribution in [0, 0.1) is 0 Å². The van der Waals surface area contributed by atoms with E-state index in [1.165, 1.54) is 5.69 Å². The van der Waals surface area contributed by atoms with Crippen LogP contribution in [0.15, 0.2) is 48.8 Å². The molecule has 24 heavy (non-hydrogen) atoms. The van der Waals surface area contributed by atoms with Crippen LogP contribution in [0.4, 0.5) is 11.6 Å². The first-order valence-electron chi connectivity index (χ1n) is 8.67. The van der Waals surface area contributed by atoms with Crippen molar-refractivity contribution in [1.82, 2.24) is 20.6 Å². The Morgan fingerprint density at radius 3 is 1.79 bits per heavy atom. The Balaban J connectivity index is 0.000000141. The average Bonchev–Trinajstić information content (AvgIpc) is 2.71. The van der Waals surface area contributed by atoms with E-state index in [1.54, 1.807) is 12.4 Å². The van der Waals surface area contributed by atoms with Crippen LogP contribution in [0.1, 0.15) is 0 Å². The smallest absolute Gasteiger partial charge is 0.225 e. The second-order valence-electron chi connectivity index (χ2n) is 5.86. The van der Waals surface area contributed by atoms with Crippen molar-refractivity contribution in [3.05, 3.63) is 48.8 Å². The van der Waals surface area contributed by atoms with E-state index < -0.39 is 0 Å². The minimum Gasteiger partial charge on any atom is -0.369 e. The molecule has 2 N–H and O–H groups in total. The maximum atomic E-state index is 4.19. The van der Waals surface area contributed by atoms with Crippen molar-refractivity contribution < 1.29 is 0 Å². The van der Waals surface area contributed by atoms with Gasteiger partial charge in [-0.25, -0.2) is 9.97 Å². The molecule has 0 radical (unpaired) electrons. The summed E-state index contributed by atoms with van der Waals surface area (Å²) in [5.74, 6) is 0.846. The summed E-state index contributed by atoms with van der Waals surface area (Å²) in [5, 5.41) is 6.63. The first kappa shape index (κ1) is 16.7. The molecule has 6 nitrogen and oxygen atoms in total. The first-order valence-corrected chi connectivity index (χ1v) is 8.67. The van der Waals surface area contributed by atoms with Gasteiger partial charge in [-0.1, -0.05) is 18.2 Å². The summed E-state index contributed by atoms with van der Waals surface area (Å²) in [6, 6.07) is 12.4. The molecule has 1 aromatic heterocycles. The standard InChI is InChI=1S/C10H14N2.C8H12N4/c1-2-4-10(5-3-1)12-8-6-11-7-9-12;1-2-10-8(11-3-1)12-6-4-9-5-7-12/h1-5,11H,6-9H2;1-3,9H,4-7H2. The van der Waals surface area contributed by atoms with Crippen LogP contribution in [0.25, 0.3) is 0 Å². The Kier molecular flexibility index (Phi) is 6.39. The summed E-state index contributed by atoms with van der Waals surface area (Å²) < 4.78 is 0. The van der Waals surface area contributed by atoms with Gasteiger partial charge in [0.15, 0.2) is 0 Å². The summed E-state index contributed by atoms with van der Waals surface area (Å²) in [5.41, 5.74) is 1.35. The molecule has 128 valence electrons.